The number of alkyl carbamates (subject to hydrolysis) is 1. The Hall–Kier alpha value is -5.48. The van der Waals surface area contributed by atoms with E-state index in [4.69, 9.17) is 20.6 Å². The molecule has 9 N–H and O–H groups in total. The van der Waals surface area contributed by atoms with Crippen LogP contribution in [0, 0.1) is 23.1 Å². The number of primary amides is 1. The number of ketones is 1. The number of carbonyl (C=O) groups is 4. The van der Waals surface area contributed by atoms with Crippen molar-refractivity contribution >= 4 is 40.9 Å². The summed E-state index contributed by atoms with van der Waals surface area (Å²) in [7, 11) is 3.08. The molecular weight excluding hydrogens is 705 g/mol. The van der Waals surface area contributed by atoms with Crippen molar-refractivity contribution in [2.75, 3.05) is 26.0 Å². The van der Waals surface area contributed by atoms with Crippen LogP contribution in [0.25, 0.3) is 5.76 Å². The molecule has 3 aliphatic carbocycles. The molecule has 0 aliphatic heterocycles. The molecule has 3 aliphatic rings. The molecule has 1 fully saturated rings. The summed E-state index contributed by atoms with van der Waals surface area (Å²) in [6, 6.07) is 7.75. The fourth-order valence-corrected chi connectivity index (χ4v) is 7.51. The number of ether oxygens (including phenoxy) is 2. The number of anilines is 1. The lowest BCUT2D eigenvalue weighted by molar-refractivity contribution is -0.147. The van der Waals surface area contributed by atoms with Crippen LogP contribution in [0.3, 0.4) is 0 Å². The first kappa shape index (κ1) is 39.7. The van der Waals surface area contributed by atoms with Crippen LogP contribution in [-0.2, 0) is 36.9 Å². The van der Waals surface area contributed by atoms with Gasteiger partial charge in [-0.15, -0.1) is 0 Å². The maximum atomic E-state index is 15.8. The minimum Gasteiger partial charge on any atom is -0.510 e. The largest absolute Gasteiger partial charge is 0.510 e. The number of aliphatic hydroxyl groups excluding tert-OH is 2. The van der Waals surface area contributed by atoms with Crippen molar-refractivity contribution in [1.29, 1.82) is 5.41 Å². The Morgan fingerprint density at radius 3 is 2.43 bits per heavy atom. The second-order valence-electron chi connectivity index (χ2n) is 15.0. The zero-order chi connectivity index (χ0) is 39.9. The van der Waals surface area contributed by atoms with Gasteiger partial charge < -0.3 is 51.7 Å². The Bertz CT molecular complexity index is 1940. The number of Topliss-reactive ketones (excluding diaryl/α,β-unsaturated/α-hetero) is 1. The minimum absolute atomic E-state index is 0.0318. The van der Waals surface area contributed by atoms with Gasteiger partial charge in [0.25, 0.3) is 5.91 Å². The molecule has 0 spiro atoms. The molecule has 1 saturated carbocycles. The number of carbonyl (C=O) groups excluding carboxylic acids is 4. The minimum atomic E-state index is -2.68. The molecule has 290 valence electrons. The summed E-state index contributed by atoms with van der Waals surface area (Å²) in [5.41, 5.74) is 0.0555. The Morgan fingerprint density at radius 1 is 1.15 bits per heavy atom. The average Bonchev–Trinajstić information content (AvgIpc) is 3.08. The Kier molecular flexibility index (Phi) is 11.1. The van der Waals surface area contributed by atoms with E-state index in [-0.39, 0.29) is 61.2 Å². The highest BCUT2D eigenvalue weighted by Crippen LogP contribution is 2.53. The lowest BCUT2D eigenvalue weighted by Gasteiger charge is -2.51. The fourth-order valence-electron chi connectivity index (χ4n) is 7.51. The number of likely N-dealkylation sites (N-methyl/N-ethyl adjacent to an activating group) is 1. The number of nitrogens with two attached hydrogens (primary N) is 1. The quantitative estimate of drug-likeness (QED) is 0.0936. The molecule has 0 saturated heterocycles. The number of aromatic hydroxyl groups is 1. The van der Waals surface area contributed by atoms with Gasteiger partial charge in [-0.2, -0.15) is 0 Å². The number of nitrogens with one attached hydrogen (secondary N) is 3. The van der Waals surface area contributed by atoms with Gasteiger partial charge in [0.05, 0.1) is 23.0 Å². The van der Waals surface area contributed by atoms with Crippen LogP contribution in [0.1, 0.15) is 56.7 Å². The first-order valence-electron chi connectivity index (χ1n) is 17.5. The predicted octanol–water partition coefficient (Wildman–Crippen LogP) is 3.38. The van der Waals surface area contributed by atoms with E-state index in [0.717, 1.165) is 11.6 Å². The highest BCUT2D eigenvalue weighted by molar-refractivity contribution is 6.34. The van der Waals surface area contributed by atoms with Crippen LogP contribution < -0.4 is 16.4 Å². The number of nitrogens with zero attached hydrogens (tertiary/aromatic N) is 1. The number of benzene rings is 2. The number of phenols is 1. The van der Waals surface area contributed by atoms with E-state index in [1.165, 1.54) is 4.90 Å². The van der Waals surface area contributed by atoms with E-state index in [2.05, 4.69) is 10.6 Å². The molecule has 0 aromatic heterocycles. The molecule has 0 radical (unpaired) electrons. The van der Waals surface area contributed by atoms with E-state index in [1.807, 2.05) is 6.07 Å². The monoisotopic (exact) mass is 751 g/mol. The van der Waals surface area contributed by atoms with Crippen LogP contribution in [0.2, 0.25) is 0 Å². The van der Waals surface area contributed by atoms with E-state index in [1.54, 1.807) is 59.1 Å². The Labute approximate surface area is 311 Å². The van der Waals surface area contributed by atoms with Crippen molar-refractivity contribution in [2.24, 2.45) is 17.6 Å². The molecule has 0 heterocycles. The van der Waals surface area contributed by atoms with E-state index in [0.29, 0.717) is 0 Å². The van der Waals surface area contributed by atoms with Gasteiger partial charge >= 0.3 is 12.1 Å². The topological polar surface area (TPSA) is 245 Å². The van der Waals surface area contributed by atoms with Crippen LogP contribution in [0.4, 0.5) is 14.9 Å². The number of esters is 1. The molecule has 54 heavy (non-hydrogen) atoms. The van der Waals surface area contributed by atoms with Crippen molar-refractivity contribution in [3.63, 3.8) is 0 Å². The van der Waals surface area contributed by atoms with Gasteiger partial charge in [-0.1, -0.05) is 30.3 Å². The fraction of sp³-hybridized carbons (Fsp3) is 0.447. The number of aliphatic hydroxyl groups is 3. The van der Waals surface area contributed by atoms with Gasteiger partial charge in [0.2, 0.25) is 5.78 Å². The van der Waals surface area contributed by atoms with E-state index < -0.39 is 93.2 Å². The third kappa shape index (κ3) is 7.48. The van der Waals surface area contributed by atoms with Crippen LogP contribution in [0.15, 0.2) is 53.3 Å². The van der Waals surface area contributed by atoms with Crippen LogP contribution >= 0.6 is 0 Å². The summed E-state index contributed by atoms with van der Waals surface area (Å²) >= 11 is 0. The molecule has 2 aromatic rings. The predicted molar refractivity (Wildman–Crippen MR) is 194 cm³/mol. The molecule has 0 bridgehead atoms. The third-order valence-corrected chi connectivity index (χ3v) is 9.91. The number of rotatable bonds is 11. The third-order valence-electron chi connectivity index (χ3n) is 9.91. The summed E-state index contributed by atoms with van der Waals surface area (Å²) in [4.78, 5) is 53.5. The zero-order valence-electron chi connectivity index (χ0n) is 30.7. The van der Waals surface area contributed by atoms with E-state index in [9.17, 15) is 39.6 Å². The van der Waals surface area contributed by atoms with Gasteiger partial charge in [0, 0.05) is 29.7 Å². The van der Waals surface area contributed by atoms with Crippen LogP contribution in [0.5, 0.6) is 5.75 Å². The summed E-state index contributed by atoms with van der Waals surface area (Å²) in [6.45, 7) is 5.02. The maximum absolute atomic E-state index is 15.8. The molecule has 16 heteroatoms. The molecule has 5 rings (SSSR count). The number of fused-ring (bicyclic) bond motifs is 3. The highest BCUT2D eigenvalue weighted by Gasteiger charge is 2.63. The van der Waals surface area contributed by atoms with Crippen molar-refractivity contribution in [3.8, 4) is 5.75 Å². The van der Waals surface area contributed by atoms with Gasteiger partial charge in [0.1, 0.15) is 46.9 Å². The van der Waals surface area contributed by atoms with E-state index >= 15 is 4.39 Å². The normalized spacial score (nSPS) is 22.9. The first-order chi connectivity index (χ1) is 25.3. The smallest absolute Gasteiger partial charge is 0.408 e. The highest BCUT2D eigenvalue weighted by atomic mass is 19.1. The summed E-state index contributed by atoms with van der Waals surface area (Å²) in [5.74, 6) is -7.90. The first-order valence-corrected chi connectivity index (χ1v) is 17.5. The number of hydrogen-bond acceptors (Lipinski definition) is 13. The number of hydrogen-bond donors (Lipinski definition) is 8. The Morgan fingerprint density at radius 2 is 1.81 bits per heavy atom. The molecule has 2 amide bonds. The number of halogens is 1. The maximum Gasteiger partial charge on any atom is 0.408 e. The SMILES string of the molecule is CN(C)[C@@H]1C(O)=C(C(N)=O)C(=N)[C@@]2(O)C(=O)C3=C(O)c4c(O)c(NCCC[C@H](NC(=O)OC(C)(C)C)C(=O)OCc5ccccc5)cc(F)c4C[C@H]3C[C@@H]12. The summed E-state index contributed by atoms with van der Waals surface area (Å²) < 4.78 is 26.5. The second-order valence-corrected chi connectivity index (χ2v) is 15.0. The summed E-state index contributed by atoms with van der Waals surface area (Å²) in [5, 5.41) is 59.7. The molecular formula is C38H46FN5O10. The standard InChI is InChI=1S/C38H46FN5O10/c1-37(2,3)54-36(51)43-23(35(50)53-17-18-10-7-6-8-11-18)12-9-13-42-24-16-22(39)20-14-19-15-21-28(44(4)5)31(47)27(34(41)49)32(40)38(21,52)33(48)25(19)30(46)26(20)29(24)45/h6-8,10-11,16,19,21,23,28,40,42,45-47,52H,9,12-15,17H2,1-5H3,(H2,41,49)(H,43,51)/t19-,21-,23-,28-,38+/m0/s1. The van der Waals surface area contributed by atoms with Gasteiger partial charge in [-0.3, -0.25) is 14.5 Å². The van der Waals surface area contributed by atoms with Crippen LogP contribution in [-0.4, -0.2) is 98.7 Å². The average molecular weight is 752 g/mol. The zero-order valence-corrected chi connectivity index (χ0v) is 30.7. The van der Waals surface area contributed by atoms with Gasteiger partial charge in [-0.05, 0) is 72.0 Å². The number of phenolic OH excluding ortho intramolecular Hbond substituents is 1. The second kappa shape index (κ2) is 15.1. The van der Waals surface area contributed by atoms with Crippen molar-refractivity contribution < 1.29 is 53.5 Å². The molecule has 5 atom stereocenters. The molecule has 0 unspecified atom stereocenters. The lowest BCUT2D eigenvalue weighted by atomic mass is 9.57. The van der Waals surface area contributed by atoms with Crippen molar-refractivity contribution in [3.05, 3.63) is 75.8 Å². The lowest BCUT2D eigenvalue weighted by Crippen LogP contribution is -2.67. The van der Waals surface area contributed by atoms with Gasteiger partial charge in [0.15, 0.2) is 5.60 Å². The Balaban J connectivity index is 1.37. The molecule has 15 nitrogen and oxygen atoms in total. The summed E-state index contributed by atoms with van der Waals surface area (Å²) in [6.07, 6.45) is -0.860. The van der Waals surface area contributed by atoms with Crippen molar-refractivity contribution in [2.45, 2.75) is 76.3 Å². The van der Waals surface area contributed by atoms with Gasteiger partial charge in [-0.25, -0.2) is 14.0 Å². The number of amides is 2. The molecule has 2 aromatic carbocycles. The van der Waals surface area contributed by atoms with Crippen molar-refractivity contribution in [1.82, 2.24) is 10.2 Å².